The molecule has 0 radical (unpaired) electrons. The Kier molecular flexibility index (Phi) is 3.09. The first-order chi connectivity index (χ1) is 7.05. The zero-order chi connectivity index (χ0) is 10.9. The van der Waals surface area contributed by atoms with E-state index in [1.165, 1.54) is 45.3 Å². The molecule has 1 aliphatic carbocycles. The van der Waals surface area contributed by atoms with Gasteiger partial charge in [0.1, 0.15) is 0 Å². The van der Waals surface area contributed by atoms with Crippen LogP contribution < -0.4 is 5.32 Å². The molecule has 2 rings (SSSR count). The summed E-state index contributed by atoms with van der Waals surface area (Å²) in [6.45, 7) is 11.9. The summed E-state index contributed by atoms with van der Waals surface area (Å²) in [5, 5.41) is 3.58. The van der Waals surface area contributed by atoms with E-state index < -0.39 is 0 Å². The standard InChI is InChI=1S/C13H26N2/c1-4-5-13(6-7-13)11-15-9-8-14-12(2,3)10-15/h14H,4-11H2,1-3H3. The molecule has 1 saturated carbocycles. The van der Waals surface area contributed by atoms with Crippen LogP contribution in [-0.2, 0) is 0 Å². The Hall–Kier alpha value is -0.0800. The summed E-state index contributed by atoms with van der Waals surface area (Å²) in [6, 6.07) is 0. The summed E-state index contributed by atoms with van der Waals surface area (Å²) in [6.07, 6.45) is 5.75. The van der Waals surface area contributed by atoms with Crippen LogP contribution in [0, 0.1) is 5.41 Å². The SMILES string of the molecule is CCCC1(CN2CCNC(C)(C)C2)CC1. The van der Waals surface area contributed by atoms with E-state index in [9.17, 15) is 0 Å². The molecule has 1 saturated heterocycles. The minimum atomic E-state index is 0.320. The zero-order valence-electron chi connectivity index (χ0n) is 10.6. The highest BCUT2D eigenvalue weighted by Gasteiger charge is 2.43. The fourth-order valence-electron chi connectivity index (χ4n) is 3.05. The van der Waals surface area contributed by atoms with Gasteiger partial charge in [0, 0.05) is 31.7 Å². The molecule has 1 aliphatic heterocycles. The number of hydrogen-bond acceptors (Lipinski definition) is 2. The molecule has 0 atom stereocenters. The van der Waals surface area contributed by atoms with Gasteiger partial charge in [-0.15, -0.1) is 0 Å². The fourth-order valence-corrected chi connectivity index (χ4v) is 3.05. The van der Waals surface area contributed by atoms with E-state index in [0.717, 1.165) is 12.0 Å². The van der Waals surface area contributed by atoms with Gasteiger partial charge in [-0.1, -0.05) is 13.3 Å². The van der Waals surface area contributed by atoms with Crippen LogP contribution in [0.1, 0.15) is 46.5 Å². The van der Waals surface area contributed by atoms with Crippen molar-refractivity contribution in [1.29, 1.82) is 0 Å². The Morgan fingerprint density at radius 2 is 2.00 bits per heavy atom. The number of hydrogen-bond donors (Lipinski definition) is 1. The van der Waals surface area contributed by atoms with Crippen LogP contribution in [0.25, 0.3) is 0 Å². The van der Waals surface area contributed by atoms with Crippen LogP contribution in [0.5, 0.6) is 0 Å². The Morgan fingerprint density at radius 1 is 1.27 bits per heavy atom. The van der Waals surface area contributed by atoms with Crippen LogP contribution in [0.15, 0.2) is 0 Å². The maximum atomic E-state index is 3.58. The van der Waals surface area contributed by atoms with Crippen molar-refractivity contribution in [3.05, 3.63) is 0 Å². The quantitative estimate of drug-likeness (QED) is 0.765. The van der Waals surface area contributed by atoms with Gasteiger partial charge < -0.3 is 5.32 Å². The first-order valence-electron chi connectivity index (χ1n) is 6.53. The van der Waals surface area contributed by atoms with Crippen molar-refractivity contribution < 1.29 is 0 Å². The van der Waals surface area contributed by atoms with Crippen molar-refractivity contribution in [3.8, 4) is 0 Å². The molecule has 0 aromatic heterocycles. The van der Waals surface area contributed by atoms with Gasteiger partial charge in [0.25, 0.3) is 0 Å². The molecule has 0 unspecified atom stereocenters. The number of rotatable bonds is 4. The van der Waals surface area contributed by atoms with E-state index >= 15 is 0 Å². The second kappa shape index (κ2) is 4.06. The third-order valence-electron chi connectivity index (χ3n) is 3.95. The first-order valence-corrected chi connectivity index (χ1v) is 6.53. The summed E-state index contributed by atoms with van der Waals surface area (Å²) in [5.41, 5.74) is 1.04. The normalized spacial score (nSPS) is 29.0. The van der Waals surface area contributed by atoms with Crippen LogP contribution in [0.3, 0.4) is 0 Å². The van der Waals surface area contributed by atoms with Crippen LogP contribution >= 0.6 is 0 Å². The van der Waals surface area contributed by atoms with E-state index in [2.05, 4.69) is 31.0 Å². The molecule has 1 N–H and O–H groups in total. The third-order valence-corrected chi connectivity index (χ3v) is 3.95. The van der Waals surface area contributed by atoms with Gasteiger partial charge in [-0.25, -0.2) is 0 Å². The lowest BCUT2D eigenvalue weighted by Crippen LogP contribution is -2.57. The zero-order valence-corrected chi connectivity index (χ0v) is 10.6. The molecule has 0 spiro atoms. The van der Waals surface area contributed by atoms with Crippen molar-refractivity contribution in [2.24, 2.45) is 5.41 Å². The molecule has 2 nitrogen and oxygen atoms in total. The average molecular weight is 210 g/mol. The van der Waals surface area contributed by atoms with Crippen molar-refractivity contribution >= 4 is 0 Å². The second-order valence-corrected chi connectivity index (χ2v) is 6.27. The second-order valence-electron chi connectivity index (χ2n) is 6.27. The largest absolute Gasteiger partial charge is 0.309 e. The van der Waals surface area contributed by atoms with Crippen LogP contribution in [-0.4, -0.2) is 36.6 Å². The average Bonchev–Trinajstić information content (AvgIpc) is 2.83. The lowest BCUT2D eigenvalue weighted by atomic mass is 9.96. The molecule has 2 aliphatic rings. The van der Waals surface area contributed by atoms with Gasteiger partial charge in [-0.2, -0.15) is 0 Å². The fraction of sp³-hybridized carbons (Fsp3) is 1.00. The summed E-state index contributed by atoms with van der Waals surface area (Å²) < 4.78 is 0. The molecule has 88 valence electrons. The van der Waals surface area contributed by atoms with E-state index in [0.29, 0.717) is 5.54 Å². The number of piperazine rings is 1. The van der Waals surface area contributed by atoms with Gasteiger partial charge >= 0.3 is 0 Å². The molecule has 2 fully saturated rings. The molecular formula is C13H26N2. The van der Waals surface area contributed by atoms with Gasteiger partial charge in [-0.3, -0.25) is 4.90 Å². The number of nitrogens with one attached hydrogen (secondary N) is 1. The van der Waals surface area contributed by atoms with E-state index in [1.807, 2.05) is 0 Å². The molecule has 15 heavy (non-hydrogen) atoms. The molecule has 0 aromatic carbocycles. The molecular weight excluding hydrogens is 184 g/mol. The maximum absolute atomic E-state index is 3.58. The predicted octanol–water partition coefficient (Wildman–Crippen LogP) is 2.25. The summed E-state index contributed by atoms with van der Waals surface area (Å²) in [5.74, 6) is 0. The Bertz CT molecular complexity index is 219. The van der Waals surface area contributed by atoms with Crippen molar-refractivity contribution in [2.75, 3.05) is 26.2 Å². The summed E-state index contributed by atoms with van der Waals surface area (Å²) in [4.78, 5) is 2.68. The monoisotopic (exact) mass is 210 g/mol. The highest BCUT2D eigenvalue weighted by Crippen LogP contribution is 2.50. The smallest absolute Gasteiger partial charge is 0.0252 e. The van der Waals surface area contributed by atoms with Gasteiger partial charge in [0.2, 0.25) is 0 Å². The lowest BCUT2D eigenvalue weighted by Gasteiger charge is -2.40. The minimum Gasteiger partial charge on any atom is -0.309 e. The van der Waals surface area contributed by atoms with Gasteiger partial charge in [0.15, 0.2) is 0 Å². The summed E-state index contributed by atoms with van der Waals surface area (Å²) >= 11 is 0. The third kappa shape index (κ3) is 2.94. The van der Waals surface area contributed by atoms with E-state index in [1.54, 1.807) is 0 Å². The lowest BCUT2D eigenvalue weighted by molar-refractivity contribution is 0.126. The maximum Gasteiger partial charge on any atom is 0.0252 e. The highest BCUT2D eigenvalue weighted by molar-refractivity contribution is 4.97. The van der Waals surface area contributed by atoms with Gasteiger partial charge in [-0.05, 0) is 38.5 Å². The molecule has 0 amide bonds. The number of nitrogens with zero attached hydrogens (tertiary/aromatic N) is 1. The summed E-state index contributed by atoms with van der Waals surface area (Å²) in [7, 11) is 0. The first kappa shape index (κ1) is 11.4. The predicted molar refractivity (Wildman–Crippen MR) is 65.1 cm³/mol. The van der Waals surface area contributed by atoms with E-state index in [-0.39, 0.29) is 0 Å². The highest BCUT2D eigenvalue weighted by atomic mass is 15.2. The van der Waals surface area contributed by atoms with E-state index in [4.69, 9.17) is 0 Å². The van der Waals surface area contributed by atoms with Crippen molar-refractivity contribution in [1.82, 2.24) is 10.2 Å². The molecule has 0 bridgehead atoms. The van der Waals surface area contributed by atoms with Crippen molar-refractivity contribution in [2.45, 2.75) is 52.0 Å². The topological polar surface area (TPSA) is 15.3 Å². The van der Waals surface area contributed by atoms with Crippen LogP contribution in [0.4, 0.5) is 0 Å². The molecule has 0 aromatic rings. The Morgan fingerprint density at radius 3 is 2.53 bits per heavy atom. The Labute approximate surface area is 94.4 Å². The van der Waals surface area contributed by atoms with Gasteiger partial charge in [0.05, 0.1) is 0 Å². The Balaban J connectivity index is 1.84. The minimum absolute atomic E-state index is 0.320. The van der Waals surface area contributed by atoms with Crippen molar-refractivity contribution in [3.63, 3.8) is 0 Å². The molecule has 1 heterocycles. The van der Waals surface area contributed by atoms with Crippen LogP contribution in [0.2, 0.25) is 0 Å². The molecule has 2 heteroatoms.